The number of rotatable bonds is 3. The summed E-state index contributed by atoms with van der Waals surface area (Å²) in [6.07, 6.45) is -4.39. The van der Waals surface area contributed by atoms with Crippen molar-refractivity contribution in [2.24, 2.45) is 10.8 Å². The van der Waals surface area contributed by atoms with E-state index >= 15 is 0 Å². The zero-order valence-corrected chi connectivity index (χ0v) is 9.03. The van der Waals surface area contributed by atoms with E-state index in [4.69, 9.17) is 20.4 Å². The molecule has 1 unspecified atom stereocenters. The van der Waals surface area contributed by atoms with Crippen molar-refractivity contribution >= 4 is 17.3 Å². The second kappa shape index (κ2) is 4.84. The Hall–Kier alpha value is -0.420. The molecule has 2 aliphatic heterocycles. The fraction of sp³-hybridized carbons (Fsp3) is 0.857. The monoisotopic (exact) mass is 251 g/mol. The molecule has 2 aliphatic rings. The molecule has 0 spiro atoms. The largest absolute Gasteiger partial charge is 0.394 e. The minimum atomic E-state index is -1.25. The lowest BCUT2D eigenvalue weighted by Gasteiger charge is -2.23. The Morgan fingerprint density at radius 3 is 2.75 bits per heavy atom. The van der Waals surface area contributed by atoms with E-state index in [0.717, 1.165) is 5.17 Å². The van der Waals surface area contributed by atoms with Crippen LogP contribution in [0.2, 0.25) is 0 Å². The van der Waals surface area contributed by atoms with Crippen LogP contribution in [-0.4, -0.2) is 62.7 Å². The van der Waals surface area contributed by atoms with Gasteiger partial charge in [0.05, 0.1) is 12.2 Å². The second-order valence-corrected chi connectivity index (χ2v) is 4.33. The fourth-order valence-corrected chi connectivity index (χ4v) is 1.88. The smallest absolute Gasteiger partial charge is 0.215 e. The van der Waals surface area contributed by atoms with Gasteiger partial charge in [0.1, 0.15) is 18.3 Å². The number of hydrogen-bond acceptors (Lipinski definition) is 9. The summed E-state index contributed by atoms with van der Waals surface area (Å²) in [5.41, 5.74) is 6.57. The molecule has 0 aromatic rings. The third-order valence-electron chi connectivity index (χ3n) is 2.29. The lowest BCUT2D eigenvalue weighted by Crippen LogP contribution is -2.40. The number of hydroxylamine groups is 1. The molecule has 5 atom stereocenters. The minimum Gasteiger partial charge on any atom is -0.394 e. The predicted octanol–water partition coefficient (Wildman–Crippen LogP) is -2.41. The number of thioether (sulfide) groups is 1. The third kappa shape index (κ3) is 2.15. The van der Waals surface area contributed by atoms with Crippen LogP contribution in [0, 0.1) is 0 Å². The van der Waals surface area contributed by atoms with Crippen molar-refractivity contribution in [3.63, 3.8) is 0 Å². The molecular formula is C7H13N3O5S. The number of ether oxygens (including phenoxy) is 1. The lowest BCUT2D eigenvalue weighted by atomic mass is 10.1. The van der Waals surface area contributed by atoms with Gasteiger partial charge in [-0.2, -0.15) is 5.10 Å². The van der Waals surface area contributed by atoms with Crippen LogP contribution in [0.4, 0.5) is 0 Å². The quantitative estimate of drug-likeness (QED) is 0.438. The van der Waals surface area contributed by atoms with Crippen molar-refractivity contribution in [2.45, 2.75) is 30.1 Å². The molecule has 5 N–H and O–H groups in total. The summed E-state index contributed by atoms with van der Waals surface area (Å²) in [4.78, 5) is 5.15. The molecule has 1 saturated heterocycles. The van der Waals surface area contributed by atoms with Crippen LogP contribution in [0.15, 0.2) is 5.10 Å². The maximum atomic E-state index is 9.57. The number of nitrogens with two attached hydrogens (primary N) is 1. The topological polar surface area (TPSA) is 121 Å². The Labute approximate surface area is 95.6 Å². The van der Waals surface area contributed by atoms with Gasteiger partial charge in [-0.05, 0) is 0 Å². The maximum absolute atomic E-state index is 9.57. The summed E-state index contributed by atoms with van der Waals surface area (Å²) in [6, 6.07) is 0. The molecular weight excluding hydrogens is 238 g/mol. The van der Waals surface area contributed by atoms with E-state index in [-0.39, 0.29) is 0 Å². The maximum Gasteiger partial charge on any atom is 0.215 e. The lowest BCUT2D eigenvalue weighted by molar-refractivity contribution is -0.296. The average molecular weight is 251 g/mol. The summed E-state index contributed by atoms with van der Waals surface area (Å²) in [6.45, 7) is -0.401. The fourth-order valence-electron chi connectivity index (χ4n) is 1.40. The van der Waals surface area contributed by atoms with E-state index in [1.54, 1.807) is 0 Å². The Morgan fingerprint density at radius 2 is 2.25 bits per heavy atom. The van der Waals surface area contributed by atoms with Gasteiger partial charge in [-0.15, -0.1) is 5.17 Å². The highest BCUT2D eigenvalue weighted by atomic mass is 32.2. The average Bonchev–Trinajstić information content (AvgIpc) is 2.78. The van der Waals surface area contributed by atoms with Crippen molar-refractivity contribution in [1.29, 1.82) is 0 Å². The van der Waals surface area contributed by atoms with Crippen molar-refractivity contribution in [3.8, 4) is 0 Å². The Balaban J connectivity index is 1.93. The van der Waals surface area contributed by atoms with Crippen molar-refractivity contribution in [1.82, 2.24) is 5.17 Å². The molecule has 2 heterocycles. The molecule has 0 bridgehead atoms. The van der Waals surface area contributed by atoms with Gasteiger partial charge in [0, 0.05) is 0 Å². The first-order valence-electron chi connectivity index (χ1n) is 4.65. The highest BCUT2D eigenvalue weighted by Crippen LogP contribution is 2.25. The van der Waals surface area contributed by atoms with Crippen LogP contribution in [0.3, 0.4) is 0 Å². The van der Waals surface area contributed by atoms with E-state index in [1.807, 2.05) is 0 Å². The van der Waals surface area contributed by atoms with E-state index in [9.17, 15) is 10.2 Å². The molecule has 0 saturated carbocycles. The van der Waals surface area contributed by atoms with Crippen LogP contribution < -0.4 is 5.73 Å². The summed E-state index contributed by atoms with van der Waals surface area (Å²) in [5, 5.41) is 32.7. The van der Waals surface area contributed by atoms with Gasteiger partial charge in [0.25, 0.3) is 0 Å². The van der Waals surface area contributed by atoms with Gasteiger partial charge in [0.2, 0.25) is 6.29 Å². The normalized spacial score (nSPS) is 43.2. The van der Waals surface area contributed by atoms with Crippen molar-refractivity contribution in [3.05, 3.63) is 0 Å². The van der Waals surface area contributed by atoms with Crippen molar-refractivity contribution in [2.75, 3.05) is 6.61 Å². The minimum absolute atomic E-state index is 0.401. The van der Waals surface area contributed by atoms with Gasteiger partial charge in [-0.3, -0.25) is 5.73 Å². The number of nitrogens with zero attached hydrogens (tertiary/aromatic N) is 2. The van der Waals surface area contributed by atoms with E-state index in [0.29, 0.717) is 0 Å². The summed E-state index contributed by atoms with van der Waals surface area (Å²) in [7, 11) is 0. The molecule has 1 fully saturated rings. The van der Waals surface area contributed by atoms with Gasteiger partial charge >= 0.3 is 0 Å². The van der Waals surface area contributed by atoms with E-state index in [1.165, 1.54) is 17.3 Å². The molecule has 16 heavy (non-hydrogen) atoms. The van der Waals surface area contributed by atoms with E-state index < -0.39 is 36.7 Å². The second-order valence-electron chi connectivity index (χ2n) is 3.36. The van der Waals surface area contributed by atoms with Crippen LogP contribution in [0.1, 0.15) is 0 Å². The zero-order valence-electron chi connectivity index (χ0n) is 8.21. The predicted molar refractivity (Wildman–Crippen MR) is 54.7 cm³/mol. The van der Waals surface area contributed by atoms with Gasteiger partial charge in [-0.1, -0.05) is 11.8 Å². The van der Waals surface area contributed by atoms with Gasteiger partial charge in [-0.25, -0.2) is 4.84 Å². The summed E-state index contributed by atoms with van der Waals surface area (Å²) < 4.78 is 5.09. The zero-order chi connectivity index (χ0) is 11.7. The first-order chi connectivity index (χ1) is 7.63. The van der Waals surface area contributed by atoms with Gasteiger partial charge in [0.15, 0.2) is 5.50 Å². The standard InChI is InChI=1S/C7H13N3O5S/c8-7-10(9-2-16-7)15-6-5(13)4(12)3(1-11)14-6/h2-7,11-13H,1,8H2/t3-,4-,5-,6+,7?/m1/s1. The third-order valence-corrected chi connectivity index (χ3v) is 2.96. The molecule has 92 valence electrons. The number of hydrazone groups is 1. The highest BCUT2D eigenvalue weighted by molar-refractivity contribution is 8.12. The molecule has 0 aliphatic carbocycles. The van der Waals surface area contributed by atoms with Crippen LogP contribution in [0.5, 0.6) is 0 Å². The first-order valence-corrected chi connectivity index (χ1v) is 5.59. The van der Waals surface area contributed by atoms with Crippen LogP contribution in [0.25, 0.3) is 0 Å². The summed E-state index contributed by atoms with van der Waals surface area (Å²) in [5.74, 6) is 0. The molecule has 0 radical (unpaired) electrons. The van der Waals surface area contributed by atoms with Crippen molar-refractivity contribution < 1.29 is 24.9 Å². The summed E-state index contributed by atoms with van der Waals surface area (Å²) >= 11 is 1.24. The highest BCUT2D eigenvalue weighted by Gasteiger charge is 2.45. The Kier molecular flexibility index (Phi) is 3.64. The van der Waals surface area contributed by atoms with Crippen LogP contribution >= 0.6 is 11.8 Å². The van der Waals surface area contributed by atoms with Crippen LogP contribution in [-0.2, 0) is 9.57 Å². The number of aliphatic hydroxyl groups excluding tert-OH is 3. The van der Waals surface area contributed by atoms with Gasteiger partial charge < -0.3 is 20.1 Å². The number of aliphatic hydroxyl groups is 3. The molecule has 0 amide bonds. The number of hydrogen-bond donors (Lipinski definition) is 4. The molecule has 0 aromatic heterocycles. The molecule has 0 aromatic carbocycles. The molecule has 8 nitrogen and oxygen atoms in total. The first kappa shape index (κ1) is 12.0. The Morgan fingerprint density at radius 1 is 1.50 bits per heavy atom. The van der Waals surface area contributed by atoms with E-state index in [2.05, 4.69) is 5.10 Å². The molecule has 9 heteroatoms. The SMILES string of the molecule is NC1SC=NN1O[C@@H]1O[C@H](CO)[C@@H](O)[C@H]1O. The Bertz CT molecular complexity index is 281. The molecule has 2 rings (SSSR count).